The van der Waals surface area contributed by atoms with E-state index in [0.29, 0.717) is 16.9 Å². The maximum absolute atomic E-state index is 12.6. The smallest absolute Gasteiger partial charge is 0.317 e. The fraction of sp³-hybridized carbons (Fsp3) is 0.524. The highest BCUT2D eigenvalue weighted by Crippen LogP contribution is 2.43. The van der Waals surface area contributed by atoms with Gasteiger partial charge in [0.15, 0.2) is 0 Å². The number of thiocarbonyl (C=S) groups is 1. The number of carbonyl (C=O) groups is 1. The molecule has 1 fully saturated rings. The number of rotatable bonds is 4. The molecule has 0 unspecified atom stereocenters. The van der Waals surface area contributed by atoms with Crippen LogP contribution in [0.15, 0.2) is 18.3 Å². The van der Waals surface area contributed by atoms with Gasteiger partial charge in [-0.25, -0.2) is 4.79 Å². The number of hydrogen-bond donors (Lipinski definition) is 3. The molecule has 4 N–H and O–H groups in total. The number of piperidine rings is 1. The summed E-state index contributed by atoms with van der Waals surface area (Å²) < 4.78 is 0. The largest absolute Gasteiger partial charge is 0.389 e. The Bertz CT molecular complexity index is 919. The topological polar surface area (TPSA) is 77.4 Å². The molecule has 1 aromatic carbocycles. The Morgan fingerprint density at radius 1 is 1.39 bits per heavy atom. The fourth-order valence-corrected chi connectivity index (χ4v) is 5.15. The maximum atomic E-state index is 12.6. The minimum Gasteiger partial charge on any atom is -0.389 e. The van der Waals surface area contributed by atoms with Crippen molar-refractivity contribution < 1.29 is 4.79 Å². The fourth-order valence-electron chi connectivity index (χ4n) is 5.04. The lowest BCUT2D eigenvalue weighted by Crippen LogP contribution is -2.56. The number of likely N-dealkylation sites (tertiary alicyclic amines) is 1. The number of benzene rings is 1. The number of hydrogen-bond acceptors (Lipinski definition) is 3. The Kier molecular flexibility index (Phi) is 5.05. The highest BCUT2D eigenvalue weighted by molar-refractivity contribution is 7.80. The number of carbonyl (C=O) groups excluding carboxylic acids is 1. The van der Waals surface area contributed by atoms with Crippen LogP contribution >= 0.6 is 12.2 Å². The lowest BCUT2D eigenvalue weighted by molar-refractivity contribution is 0.124. The Labute approximate surface area is 171 Å². The lowest BCUT2D eigenvalue weighted by atomic mass is 9.73. The monoisotopic (exact) mass is 399 g/mol. The van der Waals surface area contributed by atoms with E-state index in [0.717, 1.165) is 43.6 Å². The van der Waals surface area contributed by atoms with Crippen molar-refractivity contribution in [2.45, 2.75) is 44.7 Å². The van der Waals surface area contributed by atoms with Gasteiger partial charge in [0.25, 0.3) is 0 Å². The summed E-state index contributed by atoms with van der Waals surface area (Å²) in [5.74, 6) is 0.348. The average Bonchev–Trinajstić information content (AvgIpc) is 3.07. The molecule has 0 bridgehead atoms. The summed E-state index contributed by atoms with van der Waals surface area (Å²) in [7, 11) is 2.17. The maximum Gasteiger partial charge on any atom is 0.317 e. The van der Waals surface area contributed by atoms with Crippen LogP contribution in [0.1, 0.15) is 42.9 Å². The van der Waals surface area contributed by atoms with Crippen molar-refractivity contribution in [3.8, 4) is 0 Å². The zero-order valence-electron chi connectivity index (χ0n) is 16.8. The summed E-state index contributed by atoms with van der Waals surface area (Å²) in [5, 5.41) is 4.57. The van der Waals surface area contributed by atoms with Gasteiger partial charge in [0.1, 0.15) is 4.99 Å². The molecule has 0 saturated carbocycles. The van der Waals surface area contributed by atoms with Crippen LogP contribution in [0.2, 0.25) is 0 Å². The number of H-pyrrole nitrogens is 1. The van der Waals surface area contributed by atoms with Crippen molar-refractivity contribution in [2.24, 2.45) is 5.73 Å². The van der Waals surface area contributed by atoms with E-state index in [2.05, 4.69) is 40.6 Å². The number of fused-ring (bicyclic) bond motifs is 2. The van der Waals surface area contributed by atoms with E-state index < -0.39 is 0 Å². The number of likely N-dealkylation sites (N-methyl/N-ethyl adjacent to an activating group) is 1. The molecule has 0 radical (unpaired) electrons. The van der Waals surface area contributed by atoms with Crippen molar-refractivity contribution in [1.29, 1.82) is 0 Å². The van der Waals surface area contributed by atoms with Crippen LogP contribution in [0, 0.1) is 0 Å². The predicted molar refractivity (Wildman–Crippen MR) is 117 cm³/mol. The summed E-state index contributed by atoms with van der Waals surface area (Å²) in [6.45, 7) is 6.34. The van der Waals surface area contributed by atoms with E-state index in [-0.39, 0.29) is 12.1 Å². The van der Waals surface area contributed by atoms with Crippen molar-refractivity contribution >= 4 is 34.1 Å². The quantitative estimate of drug-likeness (QED) is 0.691. The molecule has 1 saturated heterocycles. The first-order valence-electron chi connectivity index (χ1n) is 10.1. The molecule has 1 aliphatic heterocycles. The normalized spacial score (nSPS) is 24.0. The van der Waals surface area contributed by atoms with Gasteiger partial charge in [-0.3, -0.25) is 0 Å². The molecular formula is C21H29N5OS. The third-order valence-electron chi connectivity index (χ3n) is 6.46. The van der Waals surface area contributed by atoms with E-state index in [1.807, 2.05) is 18.7 Å². The van der Waals surface area contributed by atoms with Crippen molar-refractivity contribution in [3.05, 3.63) is 35.0 Å². The number of aromatic amines is 1. The second-order valence-electron chi connectivity index (χ2n) is 8.04. The van der Waals surface area contributed by atoms with E-state index in [9.17, 15) is 4.79 Å². The molecule has 28 heavy (non-hydrogen) atoms. The Morgan fingerprint density at radius 3 is 2.82 bits per heavy atom. The third kappa shape index (κ3) is 3.16. The van der Waals surface area contributed by atoms with Crippen LogP contribution in [0.4, 0.5) is 4.79 Å². The number of nitrogens with two attached hydrogens (primary N) is 1. The molecule has 6 nitrogen and oxygen atoms in total. The van der Waals surface area contributed by atoms with E-state index >= 15 is 0 Å². The molecule has 2 amide bonds. The lowest BCUT2D eigenvalue weighted by Gasteiger charge is -2.46. The standard InChI is InChI=1S/C21H29N5OS/c1-4-26(5-2)21(27)24-14-9-15-16-6-12(20(22)28)7-17-19(16)13(10-23-17)8-18(15)25(3)11-14/h6-7,10,14-15,18,23H,4-5,8-9,11H2,1-3H3,(H2,22,28)(H,24,27)/t14-,15+,18+/m0/s1. The number of amides is 2. The summed E-state index contributed by atoms with van der Waals surface area (Å²) >= 11 is 5.25. The van der Waals surface area contributed by atoms with Crippen molar-refractivity contribution in [3.63, 3.8) is 0 Å². The molecule has 2 heterocycles. The van der Waals surface area contributed by atoms with Gasteiger partial charge >= 0.3 is 6.03 Å². The SMILES string of the molecule is CCN(CC)C(=O)N[C@H]1C[C@@H]2c3cc(C(N)=S)cc4[nH]cc(c34)C[C@H]2N(C)C1. The third-order valence-corrected chi connectivity index (χ3v) is 6.70. The van der Waals surface area contributed by atoms with Gasteiger partial charge in [-0.2, -0.15) is 0 Å². The minimum atomic E-state index is 0.0297. The van der Waals surface area contributed by atoms with Gasteiger partial charge in [-0.05, 0) is 57.0 Å². The molecule has 3 atom stereocenters. The number of nitrogens with zero attached hydrogens (tertiary/aromatic N) is 2. The van der Waals surface area contributed by atoms with Crippen molar-refractivity contribution in [1.82, 2.24) is 20.1 Å². The molecule has 150 valence electrons. The second kappa shape index (κ2) is 7.37. The summed E-state index contributed by atoms with van der Waals surface area (Å²) in [6, 6.07) is 4.80. The summed E-state index contributed by atoms with van der Waals surface area (Å²) in [5.41, 5.74) is 10.6. The molecule has 7 heteroatoms. The molecule has 2 aromatic rings. The second-order valence-corrected chi connectivity index (χ2v) is 8.48. The van der Waals surface area contributed by atoms with Crippen LogP contribution in [-0.2, 0) is 6.42 Å². The van der Waals surface area contributed by atoms with Crippen LogP contribution in [0.5, 0.6) is 0 Å². The highest BCUT2D eigenvalue weighted by Gasteiger charge is 2.40. The molecule has 0 spiro atoms. The first-order valence-corrected chi connectivity index (χ1v) is 10.5. The Hall–Kier alpha value is -2.12. The Balaban J connectivity index is 1.67. The van der Waals surface area contributed by atoms with Crippen LogP contribution < -0.4 is 11.1 Å². The van der Waals surface area contributed by atoms with Gasteiger partial charge in [0.2, 0.25) is 0 Å². The molecule has 2 aliphatic rings. The molecular weight excluding hydrogens is 370 g/mol. The predicted octanol–water partition coefficient (Wildman–Crippen LogP) is 2.57. The van der Waals surface area contributed by atoms with Crippen LogP contribution in [0.3, 0.4) is 0 Å². The number of aromatic nitrogens is 1. The molecule has 1 aliphatic carbocycles. The van der Waals surface area contributed by atoms with E-state index in [1.54, 1.807) is 0 Å². The van der Waals surface area contributed by atoms with Gasteiger partial charge in [0, 0.05) is 60.3 Å². The highest BCUT2D eigenvalue weighted by atomic mass is 32.1. The molecule has 1 aromatic heterocycles. The first-order chi connectivity index (χ1) is 13.4. The van der Waals surface area contributed by atoms with Crippen molar-refractivity contribution in [2.75, 3.05) is 26.7 Å². The summed E-state index contributed by atoms with van der Waals surface area (Å²) in [4.78, 5) is 20.7. The van der Waals surface area contributed by atoms with Gasteiger partial charge < -0.3 is 25.8 Å². The number of nitrogens with one attached hydrogen (secondary N) is 2. The van der Waals surface area contributed by atoms with Crippen LogP contribution in [0.25, 0.3) is 10.9 Å². The first kappa shape index (κ1) is 19.2. The zero-order valence-corrected chi connectivity index (χ0v) is 17.6. The van der Waals surface area contributed by atoms with Gasteiger partial charge in [0.05, 0.1) is 0 Å². The number of urea groups is 1. The van der Waals surface area contributed by atoms with Gasteiger partial charge in [-0.1, -0.05) is 12.2 Å². The van der Waals surface area contributed by atoms with E-state index in [4.69, 9.17) is 18.0 Å². The molecule has 4 rings (SSSR count). The van der Waals surface area contributed by atoms with Crippen LogP contribution in [-0.4, -0.2) is 64.6 Å². The Morgan fingerprint density at radius 2 is 2.14 bits per heavy atom. The summed E-state index contributed by atoms with van der Waals surface area (Å²) in [6.07, 6.45) is 4.08. The van der Waals surface area contributed by atoms with E-state index in [1.165, 1.54) is 16.5 Å². The zero-order chi connectivity index (χ0) is 20.0. The van der Waals surface area contributed by atoms with Gasteiger partial charge in [-0.15, -0.1) is 0 Å². The minimum absolute atomic E-state index is 0.0297. The average molecular weight is 400 g/mol.